The third-order valence-electron chi connectivity index (χ3n) is 6.94. The van der Waals surface area contributed by atoms with Gasteiger partial charge >= 0.3 is 0 Å². The summed E-state index contributed by atoms with van der Waals surface area (Å²) < 4.78 is 12.7. The van der Waals surface area contributed by atoms with Gasteiger partial charge in [0.1, 0.15) is 31.1 Å². The summed E-state index contributed by atoms with van der Waals surface area (Å²) in [5.41, 5.74) is 4.02. The molecular formula is C32H52O4Si. The predicted octanol–water partition coefficient (Wildman–Crippen LogP) is 8.71. The van der Waals surface area contributed by atoms with E-state index in [2.05, 4.69) is 40.8 Å². The van der Waals surface area contributed by atoms with Crippen molar-refractivity contribution in [1.82, 2.24) is 0 Å². The standard InChI is InChI=1S/C32H52O4Si/c1-7-11-15-25-19-29(20-26(31(25)33)16-12-8-2)35-23-37(5,6)24-36-30-21-27(17-13-9-3)32(34)28(22-30)18-14-10-4/h19-22,33-34H,7-18,23-24H2,1-6H3. The summed E-state index contributed by atoms with van der Waals surface area (Å²) in [5.74, 6) is 2.64. The zero-order chi connectivity index (χ0) is 27.3. The van der Waals surface area contributed by atoms with Crippen LogP contribution in [0.15, 0.2) is 24.3 Å². The quantitative estimate of drug-likeness (QED) is 0.190. The van der Waals surface area contributed by atoms with E-state index >= 15 is 0 Å². The van der Waals surface area contributed by atoms with Gasteiger partial charge in [0, 0.05) is 0 Å². The smallest absolute Gasteiger partial charge is 0.136 e. The van der Waals surface area contributed by atoms with Crippen LogP contribution < -0.4 is 9.47 Å². The molecule has 4 nitrogen and oxygen atoms in total. The number of phenolic OH excluding ortho intramolecular Hbond substituents is 2. The molecule has 2 aromatic rings. The van der Waals surface area contributed by atoms with Crippen molar-refractivity contribution in [2.45, 2.75) is 118 Å². The second kappa shape index (κ2) is 16.0. The first-order valence-electron chi connectivity index (χ1n) is 14.7. The Morgan fingerprint density at radius 2 is 0.811 bits per heavy atom. The lowest BCUT2D eigenvalue weighted by Crippen LogP contribution is -2.41. The average Bonchev–Trinajstić information content (AvgIpc) is 2.88. The molecule has 0 bridgehead atoms. The highest BCUT2D eigenvalue weighted by atomic mass is 28.3. The van der Waals surface area contributed by atoms with Crippen LogP contribution >= 0.6 is 0 Å². The van der Waals surface area contributed by atoms with Crippen LogP contribution in [0.5, 0.6) is 23.0 Å². The molecule has 0 unspecified atom stereocenters. The summed E-state index contributed by atoms with van der Waals surface area (Å²) in [6.45, 7) is 13.3. The number of hydrogen-bond donors (Lipinski definition) is 2. The van der Waals surface area contributed by atoms with E-state index in [1.165, 1.54) is 0 Å². The number of hydrogen-bond acceptors (Lipinski definition) is 4. The lowest BCUT2D eigenvalue weighted by molar-refractivity contribution is 0.342. The van der Waals surface area contributed by atoms with E-state index in [9.17, 15) is 10.2 Å². The first-order valence-corrected chi connectivity index (χ1v) is 18.1. The Hall–Kier alpha value is -2.14. The summed E-state index contributed by atoms with van der Waals surface area (Å²) in [6.07, 6.45) is 13.5. The number of aromatic hydroxyl groups is 2. The summed E-state index contributed by atoms with van der Waals surface area (Å²) in [7, 11) is -1.84. The highest BCUT2D eigenvalue weighted by Gasteiger charge is 2.25. The Morgan fingerprint density at radius 3 is 1.05 bits per heavy atom. The molecule has 2 aromatic carbocycles. The second-order valence-electron chi connectivity index (χ2n) is 11.3. The van der Waals surface area contributed by atoms with Gasteiger partial charge < -0.3 is 19.7 Å². The van der Waals surface area contributed by atoms with E-state index < -0.39 is 8.07 Å². The number of unbranched alkanes of at least 4 members (excludes halogenated alkanes) is 4. The van der Waals surface area contributed by atoms with Gasteiger partial charge in [0.15, 0.2) is 0 Å². The maximum absolute atomic E-state index is 10.8. The van der Waals surface area contributed by atoms with Gasteiger partial charge in [0.2, 0.25) is 0 Å². The lowest BCUT2D eigenvalue weighted by Gasteiger charge is -2.24. The van der Waals surface area contributed by atoms with Gasteiger partial charge in [-0.05, 0) is 97.9 Å². The molecule has 2 rings (SSSR count). The maximum atomic E-state index is 10.8. The Bertz CT molecular complexity index is 820. The normalized spacial score (nSPS) is 11.6. The molecule has 5 heteroatoms. The van der Waals surface area contributed by atoms with E-state index in [1.54, 1.807) is 0 Å². The summed E-state index contributed by atoms with van der Waals surface area (Å²) in [4.78, 5) is 0. The van der Waals surface area contributed by atoms with Gasteiger partial charge in [0.05, 0.1) is 12.5 Å². The summed E-state index contributed by atoms with van der Waals surface area (Å²) >= 11 is 0. The zero-order valence-electron chi connectivity index (χ0n) is 24.4. The van der Waals surface area contributed by atoms with Crippen LogP contribution in [-0.2, 0) is 25.7 Å². The first-order chi connectivity index (χ1) is 17.7. The van der Waals surface area contributed by atoms with E-state index in [0.29, 0.717) is 24.0 Å². The maximum Gasteiger partial charge on any atom is 0.136 e. The Kier molecular flexibility index (Phi) is 13.4. The molecule has 0 heterocycles. The molecule has 0 fully saturated rings. The number of phenols is 2. The lowest BCUT2D eigenvalue weighted by atomic mass is 10.00. The molecule has 37 heavy (non-hydrogen) atoms. The molecule has 0 saturated carbocycles. The number of rotatable bonds is 18. The van der Waals surface area contributed by atoms with Gasteiger partial charge in [-0.2, -0.15) is 0 Å². The van der Waals surface area contributed by atoms with Crippen LogP contribution in [-0.4, -0.2) is 30.7 Å². The first kappa shape index (κ1) is 31.1. The van der Waals surface area contributed by atoms with Crippen molar-refractivity contribution in [3.05, 3.63) is 46.5 Å². The second-order valence-corrected chi connectivity index (χ2v) is 16.2. The van der Waals surface area contributed by atoms with Crippen LogP contribution in [0.3, 0.4) is 0 Å². The van der Waals surface area contributed by atoms with Crippen LogP contribution in [0.2, 0.25) is 13.1 Å². The van der Waals surface area contributed by atoms with Gasteiger partial charge in [0.25, 0.3) is 0 Å². The molecule has 0 aromatic heterocycles. The van der Waals surface area contributed by atoms with Crippen molar-refractivity contribution in [1.29, 1.82) is 0 Å². The monoisotopic (exact) mass is 528 g/mol. The Morgan fingerprint density at radius 1 is 0.541 bits per heavy atom. The molecule has 0 aliphatic rings. The highest BCUT2D eigenvalue weighted by Crippen LogP contribution is 2.33. The molecule has 0 spiro atoms. The zero-order valence-corrected chi connectivity index (χ0v) is 25.4. The Labute approximate surface area is 227 Å². The third-order valence-corrected chi connectivity index (χ3v) is 8.79. The predicted molar refractivity (Wildman–Crippen MR) is 159 cm³/mol. The molecule has 0 aliphatic carbocycles. The molecule has 0 aliphatic heterocycles. The number of benzene rings is 2. The van der Waals surface area contributed by atoms with Crippen molar-refractivity contribution in [3.8, 4) is 23.0 Å². The highest BCUT2D eigenvalue weighted by molar-refractivity contribution is 6.77. The van der Waals surface area contributed by atoms with Crippen molar-refractivity contribution in [3.63, 3.8) is 0 Å². The van der Waals surface area contributed by atoms with E-state index in [4.69, 9.17) is 9.47 Å². The van der Waals surface area contributed by atoms with Crippen molar-refractivity contribution >= 4 is 8.07 Å². The van der Waals surface area contributed by atoms with Crippen LogP contribution in [0.25, 0.3) is 0 Å². The fraction of sp³-hybridized carbons (Fsp3) is 0.625. The van der Waals surface area contributed by atoms with Crippen molar-refractivity contribution in [2.24, 2.45) is 0 Å². The fourth-order valence-electron chi connectivity index (χ4n) is 4.45. The Balaban J connectivity index is 2.12. The number of aryl methyl sites for hydroxylation is 4. The molecule has 0 amide bonds. The minimum Gasteiger partial charge on any atom is -0.507 e. The molecule has 0 radical (unpaired) electrons. The van der Waals surface area contributed by atoms with E-state index in [1.807, 2.05) is 24.3 Å². The molecular weight excluding hydrogens is 476 g/mol. The third kappa shape index (κ3) is 10.3. The molecule has 0 saturated heterocycles. The van der Waals surface area contributed by atoms with Gasteiger partial charge in [-0.3, -0.25) is 0 Å². The van der Waals surface area contributed by atoms with Crippen molar-refractivity contribution in [2.75, 3.05) is 12.5 Å². The van der Waals surface area contributed by atoms with Gasteiger partial charge in [-0.25, -0.2) is 0 Å². The molecule has 208 valence electrons. The topological polar surface area (TPSA) is 58.9 Å². The summed E-state index contributed by atoms with van der Waals surface area (Å²) in [6, 6.07) is 8.13. The van der Waals surface area contributed by atoms with Gasteiger partial charge in [-0.1, -0.05) is 66.5 Å². The fourth-order valence-corrected chi connectivity index (χ4v) is 5.65. The average molecular weight is 529 g/mol. The largest absolute Gasteiger partial charge is 0.507 e. The van der Waals surface area contributed by atoms with Crippen molar-refractivity contribution < 1.29 is 19.7 Å². The molecule has 2 N–H and O–H groups in total. The van der Waals surface area contributed by atoms with Crippen LogP contribution in [0.1, 0.15) is 101 Å². The van der Waals surface area contributed by atoms with Gasteiger partial charge in [-0.15, -0.1) is 0 Å². The van der Waals surface area contributed by atoms with E-state index in [-0.39, 0.29) is 0 Å². The van der Waals surface area contributed by atoms with E-state index in [0.717, 1.165) is 111 Å². The van der Waals surface area contributed by atoms with Crippen LogP contribution in [0.4, 0.5) is 0 Å². The summed E-state index contributed by atoms with van der Waals surface area (Å²) in [5, 5.41) is 21.6. The minimum atomic E-state index is -1.84. The SMILES string of the molecule is CCCCc1cc(OC[Si](C)(C)COc2cc(CCCC)c(O)c(CCCC)c2)cc(CCCC)c1O. The van der Waals surface area contributed by atoms with Crippen LogP contribution in [0, 0.1) is 0 Å². The number of ether oxygens (including phenoxy) is 2. The molecule has 0 atom stereocenters. The minimum absolute atomic E-state index is 0.458.